The molecule has 0 aliphatic heterocycles. The molecule has 0 saturated heterocycles. The maximum atomic E-state index is 5.11. The van der Waals surface area contributed by atoms with Gasteiger partial charge in [-0.25, -0.2) is 0 Å². The fourth-order valence-corrected chi connectivity index (χ4v) is 1.46. The first kappa shape index (κ1) is 11.5. The minimum atomic E-state index is 0.757. The van der Waals surface area contributed by atoms with E-state index in [9.17, 15) is 0 Å². The van der Waals surface area contributed by atoms with Crippen LogP contribution in [-0.4, -0.2) is 24.1 Å². The van der Waals surface area contributed by atoms with Gasteiger partial charge in [0.15, 0.2) is 5.11 Å². The summed E-state index contributed by atoms with van der Waals surface area (Å²) in [5.41, 5.74) is 1.24. The zero-order valence-electron chi connectivity index (χ0n) is 8.25. The van der Waals surface area contributed by atoms with Crippen molar-refractivity contribution in [1.29, 1.82) is 0 Å². The fourth-order valence-electron chi connectivity index (χ4n) is 1.13. The second-order valence-corrected chi connectivity index (χ2v) is 4.34. The molecule has 0 fully saturated rings. The molecule has 1 aromatic rings. The first-order valence-electron chi connectivity index (χ1n) is 4.31. The van der Waals surface area contributed by atoms with E-state index in [1.54, 1.807) is 0 Å². The predicted molar refractivity (Wildman–Crippen MR) is 67.3 cm³/mol. The van der Waals surface area contributed by atoms with Crippen LogP contribution in [0.5, 0.6) is 0 Å². The number of halogens is 1. The third kappa shape index (κ3) is 3.27. The Morgan fingerprint density at radius 1 is 1.43 bits per heavy atom. The first-order valence-corrected chi connectivity index (χ1v) is 5.51. The summed E-state index contributed by atoms with van der Waals surface area (Å²) < 4.78 is 1.10. The Labute approximate surface area is 98.4 Å². The second kappa shape index (κ2) is 5.32. The number of benzene rings is 1. The van der Waals surface area contributed by atoms with E-state index in [4.69, 9.17) is 12.2 Å². The van der Waals surface area contributed by atoms with Crippen LogP contribution in [-0.2, 0) is 6.54 Å². The van der Waals surface area contributed by atoms with Gasteiger partial charge >= 0.3 is 0 Å². The molecule has 0 spiro atoms. The Balaban J connectivity index is 2.60. The minimum absolute atomic E-state index is 0.757. The van der Waals surface area contributed by atoms with E-state index in [1.807, 2.05) is 31.1 Å². The molecule has 0 atom stereocenters. The van der Waals surface area contributed by atoms with Crippen molar-refractivity contribution < 1.29 is 0 Å². The van der Waals surface area contributed by atoms with Gasteiger partial charge in [-0.05, 0) is 29.9 Å². The lowest BCUT2D eigenvalue weighted by molar-refractivity contribution is 0.495. The molecule has 0 aliphatic rings. The van der Waals surface area contributed by atoms with Crippen LogP contribution in [0.15, 0.2) is 28.7 Å². The Bertz CT molecular complexity index is 310. The van der Waals surface area contributed by atoms with E-state index in [2.05, 4.69) is 33.4 Å². The van der Waals surface area contributed by atoms with E-state index in [0.29, 0.717) is 0 Å². The molecule has 2 nitrogen and oxygen atoms in total. The summed E-state index contributed by atoms with van der Waals surface area (Å²) in [7, 11) is 3.81. The Hall–Kier alpha value is -0.610. The molecular weight excluding hydrogens is 260 g/mol. The van der Waals surface area contributed by atoms with E-state index in [0.717, 1.165) is 16.1 Å². The van der Waals surface area contributed by atoms with Crippen LogP contribution >= 0.6 is 28.1 Å². The lowest BCUT2D eigenvalue weighted by Crippen LogP contribution is -2.33. The average Bonchev–Trinajstić information content (AvgIpc) is 2.20. The highest BCUT2D eigenvalue weighted by Crippen LogP contribution is 2.11. The van der Waals surface area contributed by atoms with E-state index in [-0.39, 0.29) is 0 Å². The largest absolute Gasteiger partial charge is 0.366 e. The van der Waals surface area contributed by atoms with Gasteiger partial charge in [-0.3, -0.25) is 0 Å². The summed E-state index contributed by atoms with van der Waals surface area (Å²) in [6.07, 6.45) is 0. The lowest BCUT2D eigenvalue weighted by atomic mass is 10.2. The number of thiocarbonyl (C=S) groups is 1. The first-order chi connectivity index (χ1) is 6.63. The molecule has 1 N–H and O–H groups in total. The normalized spacial score (nSPS) is 9.64. The van der Waals surface area contributed by atoms with E-state index < -0.39 is 0 Å². The van der Waals surface area contributed by atoms with Crippen LogP contribution in [0.3, 0.4) is 0 Å². The highest BCUT2D eigenvalue weighted by molar-refractivity contribution is 9.10. The number of nitrogens with one attached hydrogen (secondary N) is 1. The predicted octanol–water partition coefficient (Wildman–Crippen LogP) is 2.39. The van der Waals surface area contributed by atoms with E-state index >= 15 is 0 Å². The Morgan fingerprint density at radius 2 is 2.00 bits per heavy atom. The van der Waals surface area contributed by atoms with Gasteiger partial charge in [-0.15, -0.1) is 0 Å². The van der Waals surface area contributed by atoms with Crippen molar-refractivity contribution in [3.63, 3.8) is 0 Å². The zero-order chi connectivity index (χ0) is 10.6. The van der Waals surface area contributed by atoms with Gasteiger partial charge in [0.2, 0.25) is 0 Å². The molecule has 76 valence electrons. The topological polar surface area (TPSA) is 15.3 Å². The van der Waals surface area contributed by atoms with Gasteiger partial charge in [0.25, 0.3) is 0 Å². The Kier molecular flexibility index (Phi) is 4.35. The number of hydrogen-bond donors (Lipinski definition) is 1. The third-order valence-electron chi connectivity index (χ3n) is 1.89. The van der Waals surface area contributed by atoms with Crippen molar-refractivity contribution in [3.8, 4) is 0 Å². The minimum Gasteiger partial charge on any atom is -0.366 e. The Morgan fingerprint density at radius 3 is 2.50 bits per heavy atom. The number of nitrogens with zero attached hydrogens (tertiary/aromatic N) is 1. The molecule has 1 rings (SSSR count). The van der Waals surface area contributed by atoms with Crippen LogP contribution in [0.4, 0.5) is 0 Å². The molecule has 0 amide bonds. The van der Waals surface area contributed by atoms with Crippen LogP contribution < -0.4 is 5.32 Å². The molecule has 0 aromatic heterocycles. The average molecular weight is 273 g/mol. The molecule has 0 radical (unpaired) electrons. The molecule has 0 heterocycles. The fraction of sp³-hybridized carbons (Fsp3) is 0.300. The van der Waals surface area contributed by atoms with Crippen molar-refractivity contribution in [1.82, 2.24) is 10.2 Å². The van der Waals surface area contributed by atoms with Crippen LogP contribution in [0.25, 0.3) is 0 Å². The van der Waals surface area contributed by atoms with Gasteiger partial charge in [0, 0.05) is 25.1 Å². The van der Waals surface area contributed by atoms with Gasteiger partial charge in [-0.2, -0.15) is 0 Å². The summed E-state index contributed by atoms with van der Waals surface area (Å²) in [5.74, 6) is 0. The summed E-state index contributed by atoms with van der Waals surface area (Å²) in [5, 5.41) is 3.70. The van der Waals surface area contributed by atoms with E-state index in [1.165, 1.54) is 5.56 Å². The summed E-state index contributed by atoms with van der Waals surface area (Å²) >= 11 is 8.51. The standard InChI is InChI=1S/C10H13BrN2S/c1-12-10(14)13(2)7-8-3-5-9(11)6-4-8/h3-6H,7H2,1-2H3,(H,12,14). The van der Waals surface area contributed by atoms with Crippen LogP contribution in [0.2, 0.25) is 0 Å². The molecule has 0 saturated carbocycles. The van der Waals surface area contributed by atoms with Crippen molar-refractivity contribution in [3.05, 3.63) is 34.3 Å². The quantitative estimate of drug-likeness (QED) is 0.833. The molecule has 4 heteroatoms. The van der Waals surface area contributed by atoms with Gasteiger partial charge in [-0.1, -0.05) is 28.1 Å². The second-order valence-electron chi connectivity index (χ2n) is 3.04. The maximum absolute atomic E-state index is 5.11. The van der Waals surface area contributed by atoms with Crippen LogP contribution in [0.1, 0.15) is 5.56 Å². The monoisotopic (exact) mass is 272 g/mol. The summed E-state index contributed by atoms with van der Waals surface area (Å²) in [6.45, 7) is 0.826. The van der Waals surface area contributed by atoms with Crippen molar-refractivity contribution >= 4 is 33.3 Å². The molecule has 14 heavy (non-hydrogen) atoms. The van der Waals surface area contributed by atoms with Crippen LogP contribution in [0, 0.1) is 0 Å². The molecule has 0 aliphatic carbocycles. The molecule has 0 bridgehead atoms. The van der Waals surface area contributed by atoms with Crippen molar-refractivity contribution in [2.24, 2.45) is 0 Å². The van der Waals surface area contributed by atoms with Gasteiger partial charge in [0.1, 0.15) is 0 Å². The molecule has 1 aromatic carbocycles. The summed E-state index contributed by atoms with van der Waals surface area (Å²) in [6, 6.07) is 8.23. The smallest absolute Gasteiger partial charge is 0.168 e. The zero-order valence-corrected chi connectivity index (χ0v) is 10.7. The van der Waals surface area contributed by atoms with Crippen molar-refractivity contribution in [2.45, 2.75) is 6.54 Å². The SMILES string of the molecule is CNC(=S)N(C)Cc1ccc(Br)cc1. The number of rotatable bonds is 2. The maximum Gasteiger partial charge on any atom is 0.168 e. The number of hydrogen-bond acceptors (Lipinski definition) is 1. The summed E-state index contributed by atoms with van der Waals surface area (Å²) in [4.78, 5) is 2.00. The molecule has 0 unspecified atom stereocenters. The third-order valence-corrected chi connectivity index (χ3v) is 2.94. The molecular formula is C10H13BrN2S. The van der Waals surface area contributed by atoms with Gasteiger partial charge in [0.05, 0.1) is 0 Å². The van der Waals surface area contributed by atoms with Gasteiger partial charge < -0.3 is 10.2 Å². The lowest BCUT2D eigenvalue weighted by Gasteiger charge is -2.19. The highest BCUT2D eigenvalue weighted by atomic mass is 79.9. The highest BCUT2D eigenvalue weighted by Gasteiger charge is 2.02. The van der Waals surface area contributed by atoms with Crippen molar-refractivity contribution in [2.75, 3.05) is 14.1 Å².